The van der Waals surface area contributed by atoms with E-state index in [9.17, 15) is 13.2 Å². The zero-order valence-electron chi connectivity index (χ0n) is 11.9. The minimum Gasteiger partial charge on any atom is -0.370 e. The second-order valence-corrected chi connectivity index (χ2v) is 5.65. The van der Waals surface area contributed by atoms with Crippen LogP contribution in [-0.4, -0.2) is 35.7 Å². The van der Waals surface area contributed by atoms with Crippen LogP contribution in [0.5, 0.6) is 0 Å². The van der Waals surface area contributed by atoms with Gasteiger partial charge in [0.15, 0.2) is 0 Å². The maximum Gasteiger partial charge on any atom is 0.391 e. The van der Waals surface area contributed by atoms with E-state index in [1.807, 2.05) is 11.8 Å². The molecule has 1 N–H and O–H groups in total. The lowest BCUT2D eigenvalue weighted by Crippen LogP contribution is -2.38. The molecule has 0 amide bonds. The fraction of sp³-hybridized carbons (Fsp3) is 0.643. The number of halogens is 4. The molecule has 2 heterocycles. The van der Waals surface area contributed by atoms with Gasteiger partial charge < -0.3 is 5.32 Å². The van der Waals surface area contributed by atoms with Gasteiger partial charge in [0.25, 0.3) is 0 Å². The Labute approximate surface area is 127 Å². The van der Waals surface area contributed by atoms with Crippen molar-refractivity contribution >= 4 is 17.4 Å². The Morgan fingerprint density at radius 2 is 2.00 bits per heavy atom. The van der Waals surface area contributed by atoms with Gasteiger partial charge in [0.2, 0.25) is 0 Å². The molecule has 1 aromatic heterocycles. The Hall–Kier alpha value is -1.01. The molecule has 1 aliphatic rings. The number of nitrogens with one attached hydrogen (secondary N) is 1. The third-order valence-corrected chi connectivity index (χ3v) is 4.04. The smallest absolute Gasteiger partial charge is 0.370 e. The van der Waals surface area contributed by atoms with Gasteiger partial charge in [-0.05, 0) is 45.0 Å². The quantitative estimate of drug-likeness (QED) is 0.910. The third-order valence-electron chi connectivity index (χ3n) is 3.70. The fourth-order valence-corrected chi connectivity index (χ4v) is 2.67. The summed E-state index contributed by atoms with van der Waals surface area (Å²) in [4.78, 5) is 6.40. The van der Waals surface area contributed by atoms with Gasteiger partial charge in [0.1, 0.15) is 5.82 Å². The van der Waals surface area contributed by atoms with E-state index in [0.29, 0.717) is 30.4 Å². The van der Waals surface area contributed by atoms with Crippen molar-refractivity contribution in [1.29, 1.82) is 0 Å². The van der Waals surface area contributed by atoms with Crippen LogP contribution < -0.4 is 5.32 Å². The number of alkyl halides is 3. The van der Waals surface area contributed by atoms with Crippen LogP contribution in [0.3, 0.4) is 0 Å². The molecule has 118 valence electrons. The van der Waals surface area contributed by atoms with Crippen molar-refractivity contribution in [3.8, 4) is 0 Å². The van der Waals surface area contributed by atoms with Crippen LogP contribution in [-0.2, 0) is 6.54 Å². The molecule has 0 bridgehead atoms. The number of likely N-dealkylation sites (tertiary alicyclic amines) is 1. The summed E-state index contributed by atoms with van der Waals surface area (Å²) in [6.07, 6.45) is -3.78. The zero-order chi connectivity index (χ0) is 15.5. The van der Waals surface area contributed by atoms with Crippen molar-refractivity contribution < 1.29 is 13.2 Å². The maximum atomic E-state index is 12.6. The van der Waals surface area contributed by atoms with Crippen LogP contribution in [0.2, 0.25) is 5.02 Å². The van der Waals surface area contributed by atoms with Gasteiger partial charge in [0.05, 0.1) is 16.6 Å². The lowest BCUT2D eigenvalue weighted by molar-refractivity contribution is -0.185. The van der Waals surface area contributed by atoms with Crippen LogP contribution in [0.1, 0.15) is 25.5 Å². The van der Waals surface area contributed by atoms with Crippen LogP contribution in [0.25, 0.3) is 0 Å². The average Bonchev–Trinajstić information content (AvgIpc) is 2.42. The van der Waals surface area contributed by atoms with Gasteiger partial charge >= 0.3 is 6.18 Å². The van der Waals surface area contributed by atoms with Gasteiger partial charge in [-0.15, -0.1) is 0 Å². The van der Waals surface area contributed by atoms with Crippen LogP contribution in [0.4, 0.5) is 19.0 Å². The molecule has 2 rings (SSSR count). The molecule has 1 saturated heterocycles. The molecule has 0 saturated carbocycles. The lowest BCUT2D eigenvalue weighted by atomic mass is 9.96. The minimum absolute atomic E-state index is 0.147. The van der Waals surface area contributed by atoms with E-state index < -0.39 is 12.1 Å². The summed E-state index contributed by atoms with van der Waals surface area (Å²) in [5.74, 6) is -0.438. The summed E-state index contributed by atoms with van der Waals surface area (Å²) >= 11 is 6.12. The average molecular weight is 322 g/mol. The molecule has 0 aliphatic carbocycles. The number of hydrogen-bond acceptors (Lipinski definition) is 3. The van der Waals surface area contributed by atoms with Crippen molar-refractivity contribution in [3.05, 3.63) is 22.8 Å². The summed E-state index contributed by atoms with van der Waals surface area (Å²) in [5, 5.41) is 3.65. The van der Waals surface area contributed by atoms with E-state index in [2.05, 4.69) is 10.3 Å². The Morgan fingerprint density at radius 1 is 1.33 bits per heavy atom. The van der Waals surface area contributed by atoms with Crippen LogP contribution in [0.15, 0.2) is 12.1 Å². The largest absolute Gasteiger partial charge is 0.391 e. The van der Waals surface area contributed by atoms with Crippen molar-refractivity contribution in [2.24, 2.45) is 5.92 Å². The SMILES string of the molecule is CCNc1ccc(Cl)c(CN2CCC(C(F)(F)F)CC2)n1. The first-order chi connectivity index (χ1) is 9.90. The third kappa shape index (κ3) is 4.48. The first-order valence-electron chi connectivity index (χ1n) is 7.08. The van der Waals surface area contributed by atoms with Gasteiger partial charge in [0, 0.05) is 13.1 Å². The molecule has 3 nitrogen and oxygen atoms in total. The van der Waals surface area contributed by atoms with E-state index in [-0.39, 0.29) is 12.8 Å². The summed E-state index contributed by atoms with van der Waals surface area (Å²) in [6.45, 7) is 4.06. The second-order valence-electron chi connectivity index (χ2n) is 5.25. The molecule has 7 heteroatoms. The monoisotopic (exact) mass is 321 g/mol. The number of anilines is 1. The highest BCUT2D eigenvalue weighted by atomic mass is 35.5. The summed E-state index contributed by atoms with van der Waals surface area (Å²) < 4.78 is 37.9. The first-order valence-corrected chi connectivity index (χ1v) is 7.46. The first kappa shape index (κ1) is 16.4. The number of rotatable bonds is 4. The van der Waals surface area contributed by atoms with E-state index in [4.69, 9.17) is 11.6 Å². The zero-order valence-corrected chi connectivity index (χ0v) is 12.6. The van der Waals surface area contributed by atoms with Gasteiger partial charge in [-0.2, -0.15) is 13.2 Å². The molecule has 0 atom stereocenters. The normalized spacial score (nSPS) is 18.0. The summed E-state index contributed by atoms with van der Waals surface area (Å²) in [7, 11) is 0. The maximum absolute atomic E-state index is 12.6. The van der Waals surface area contributed by atoms with E-state index in [1.165, 1.54) is 0 Å². The molecule has 21 heavy (non-hydrogen) atoms. The van der Waals surface area contributed by atoms with Crippen molar-refractivity contribution in [2.45, 2.75) is 32.5 Å². The predicted octanol–water partition coefficient (Wildman–Crippen LogP) is 3.94. The molecule has 1 aliphatic heterocycles. The summed E-state index contributed by atoms with van der Waals surface area (Å²) in [6, 6.07) is 3.57. The number of aromatic nitrogens is 1. The fourth-order valence-electron chi connectivity index (χ4n) is 2.51. The van der Waals surface area contributed by atoms with E-state index >= 15 is 0 Å². The molecule has 0 radical (unpaired) electrons. The van der Waals surface area contributed by atoms with Gasteiger partial charge in [-0.1, -0.05) is 11.6 Å². The predicted molar refractivity (Wildman–Crippen MR) is 77.5 cm³/mol. The highest BCUT2D eigenvalue weighted by molar-refractivity contribution is 6.31. The molecule has 1 aromatic rings. The lowest BCUT2D eigenvalue weighted by Gasteiger charge is -2.32. The van der Waals surface area contributed by atoms with Gasteiger partial charge in [-0.25, -0.2) is 4.98 Å². The number of hydrogen-bond donors (Lipinski definition) is 1. The number of piperidine rings is 1. The highest BCUT2D eigenvalue weighted by Gasteiger charge is 2.41. The van der Waals surface area contributed by atoms with Crippen molar-refractivity contribution in [2.75, 3.05) is 25.0 Å². The van der Waals surface area contributed by atoms with Crippen LogP contribution >= 0.6 is 11.6 Å². The second kappa shape index (κ2) is 6.83. The molecule has 1 fully saturated rings. The van der Waals surface area contributed by atoms with Crippen molar-refractivity contribution in [1.82, 2.24) is 9.88 Å². The molecular weight excluding hydrogens is 303 g/mol. The molecule has 0 aromatic carbocycles. The Kier molecular flexibility index (Phi) is 5.32. The minimum atomic E-state index is -4.08. The van der Waals surface area contributed by atoms with E-state index in [0.717, 1.165) is 12.4 Å². The molecular formula is C14H19ClF3N3. The van der Waals surface area contributed by atoms with Crippen LogP contribution in [0, 0.1) is 5.92 Å². The Morgan fingerprint density at radius 3 is 2.57 bits per heavy atom. The Bertz CT molecular complexity index is 471. The van der Waals surface area contributed by atoms with Gasteiger partial charge in [-0.3, -0.25) is 4.90 Å². The highest BCUT2D eigenvalue weighted by Crippen LogP contribution is 2.34. The molecule has 0 spiro atoms. The standard InChI is InChI=1S/C14H19ClF3N3/c1-2-19-13-4-3-11(15)12(20-13)9-21-7-5-10(6-8-21)14(16,17)18/h3-4,10H,2,5-9H2,1H3,(H,19,20). The Balaban J connectivity index is 1.95. The number of nitrogens with zero attached hydrogens (tertiary/aromatic N) is 2. The molecule has 0 unspecified atom stereocenters. The van der Waals surface area contributed by atoms with E-state index in [1.54, 1.807) is 12.1 Å². The number of pyridine rings is 1. The summed E-state index contributed by atoms with van der Waals surface area (Å²) in [5.41, 5.74) is 0.709. The topological polar surface area (TPSA) is 28.2 Å². The van der Waals surface area contributed by atoms with Crippen molar-refractivity contribution in [3.63, 3.8) is 0 Å².